The topological polar surface area (TPSA) is 93.1 Å². The summed E-state index contributed by atoms with van der Waals surface area (Å²) in [7, 11) is -1.47. The lowest BCUT2D eigenvalue weighted by Crippen LogP contribution is -2.42. The van der Waals surface area contributed by atoms with E-state index in [0.29, 0.717) is 24.3 Å². The van der Waals surface area contributed by atoms with Crippen LogP contribution in [0, 0.1) is 0 Å². The number of hydrogen-bond donors (Lipinski definition) is 1. The number of rotatable bonds is 10. The van der Waals surface area contributed by atoms with Gasteiger partial charge >= 0.3 is 0 Å². The zero-order chi connectivity index (χ0) is 22.4. The second-order valence-corrected chi connectivity index (χ2v) is 10.1. The molecule has 31 heavy (non-hydrogen) atoms. The van der Waals surface area contributed by atoms with Crippen molar-refractivity contribution in [2.75, 3.05) is 31.8 Å². The molecule has 1 aliphatic rings. The highest BCUT2D eigenvalue weighted by molar-refractivity contribution is 7.91. The number of carbonyl (C=O) groups excluding carboxylic acids is 1. The predicted molar refractivity (Wildman–Crippen MR) is 118 cm³/mol. The van der Waals surface area contributed by atoms with Gasteiger partial charge in [0.25, 0.3) is 0 Å². The van der Waals surface area contributed by atoms with Crippen LogP contribution >= 0.6 is 0 Å². The lowest BCUT2D eigenvalue weighted by Gasteiger charge is -2.30. The van der Waals surface area contributed by atoms with Gasteiger partial charge in [0.15, 0.2) is 15.6 Å². The summed E-state index contributed by atoms with van der Waals surface area (Å²) >= 11 is 0. The Labute approximate surface area is 183 Å². The standard InChI is InChI=1S/C23H29NO6S/c1-17(25)22-8-3-4-9-23(22)30-15-20(26)14-24(19-10-11-31(27,28)16-19)13-18-6-5-7-21(12-18)29-2/h3-9,12,19-20,26H,10-11,13-16H2,1-2H3. The third-order valence-electron chi connectivity index (χ3n) is 5.39. The highest BCUT2D eigenvalue weighted by Crippen LogP contribution is 2.23. The zero-order valence-electron chi connectivity index (χ0n) is 17.9. The average Bonchev–Trinajstić information content (AvgIpc) is 3.11. The molecule has 3 rings (SSSR count). The Morgan fingerprint density at radius 2 is 2.00 bits per heavy atom. The quantitative estimate of drug-likeness (QED) is 0.559. The van der Waals surface area contributed by atoms with E-state index < -0.39 is 15.9 Å². The van der Waals surface area contributed by atoms with Gasteiger partial charge in [0, 0.05) is 19.1 Å². The number of carbonyl (C=O) groups is 1. The fraction of sp³-hybridized carbons (Fsp3) is 0.435. The summed E-state index contributed by atoms with van der Waals surface area (Å²) < 4.78 is 35.1. The van der Waals surface area contributed by atoms with Crippen molar-refractivity contribution >= 4 is 15.6 Å². The van der Waals surface area contributed by atoms with E-state index in [1.807, 2.05) is 29.2 Å². The van der Waals surface area contributed by atoms with E-state index in [1.165, 1.54) is 6.92 Å². The molecule has 0 saturated carbocycles. The van der Waals surface area contributed by atoms with E-state index >= 15 is 0 Å². The van der Waals surface area contributed by atoms with Gasteiger partial charge in [-0.1, -0.05) is 24.3 Å². The first-order valence-electron chi connectivity index (χ1n) is 10.3. The average molecular weight is 448 g/mol. The van der Waals surface area contributed by atoms with E-state index in [0.717, 1.165) is 11.3 Å². The Kier molecular flexibility index (Phi) is 7.69. The summed E-state index contributed by atoms with van der Waals surface area (Å²) in [6, 6.07) is 14.3. The van der Waals surface area contributed by atoms with Crippen molar-refractivity contribution in [2.45, 2.75) is 32.0 Å². The van der Waals surface area contributed by atoms with E-state index in [4.69, 9.17) is 9.47 Å². The molecule has 1 aliphatic heterocycles. The molecule has 2 aromatic carbocycles. The van der Waals surface area contributed by atoms with Crippen LogP contribution in [0.1, 0.15) is 29.3 Å². The van der Waals surface area contributed by atoms with E-state index in [-0.39, 0.29) is 36.5 Å². The van der Waals surface area contributed by atoms with Crippen molar-refractivity contribution in [3.8, 4) is 11.5 Å². The molecule has 0 amide bonds. The van der Waals surface area contributed by atoms with Gasteiger partial charge in [-0.05, 0) is 43.2 Å². The first-order chi connectivity index (χ1) is 14.8. The number of sulfone groups is 1. The molecular formula is C23H29NO6S. The third kappa shape index (κ3) is 6.53. The number of nitrogens with zero attached hydrogens (tertiary/aromatic N) is 1. The van der Waals surface area contributed by atoms with E-state index in [2.05, 4.69) is 0 Å². The summed E-state index contributed by atoms with van der Waals surface area (Å²) in [4.78, 5) is 13.8. The van der Waals surface area contributed by atoms with Crippen LogP contribution in [0.3, 0.4) is 0 Å². The Morgan fingerprint density at radius 3 is 2.68 bits per heavy atom. The minimum absolute atomic E-state index is 0.00161. The normalized spacial score (nSPS) is 18.6. The summed E-state index contributed by atoms with van der Waals surface area (Å²) in [6.45, 7) is 2.20. The number of methoxy groups -OCH3 is 1. The Bertz CT molecular complexity index is 1010. The first kappa shape index (κ1) is 23.2. The van der Waals surface area contributed by atoms with Crippen LogP contribution in [0.4, 0.5) is 0 Å². The molecule has 0 bridgehead atoms. The van der Waals surface area contributed by atoms with Crippen molar-refractivity contribution in [1.82, 2.24) is 4.90 Å². The molecule has 0 radical (unpaired) electrons. The molecule has 168 valence electrons. The van der Waals surface area contributed by atoms with Crippen LogP contribution in [-0.2, 0) is 16.4 Å². The second-order valence-electron chi connectivity index (χ2n) is 7.86. The number of Topliss-reactive ketones (excluding diaryl/α,β-unsaturated/α-hetero) is 1. The highest BCUT2D eigenvalue weighted by Gasteiger charge is 2.33. The summed E-state index contributed by atoms with van der Waals surface area (Å²) in [6.07, 6.45) is -0.318. The molecule has 2 atom stereocenters. The minimum atomic E-state index is -3.07. The zero-order valence-corrected chi connectivity index (χ0v) is 18.7. The number of hydrogen-bond acceptors (Lipinski definition) is 7. The SMILES string of the molecule is COc1cccc(CN(CC(O)COc2ccccc2C(C)=O)C2CCS(=O)(=O)C2)c1. The maximum atomic E-state index is 12.0. The van der Waals surface area contributed by atoms with Gasteiger partial charge in [0.2, 0.25) is 0 Å². The molecule has 2 aromatic rings. The Morgan fingerprint density at radius 1 is 1.23 bits per heavy atom. The highest BCUT2D eigenvalue weighted by atomic mass is 32.2. The number of aliphatic hydroxyl groups excluding tert-OH is 1. The van der Waals surface area contributed by atoms with E-state index in [9.17, 15) is 18.3 Å². The fourth-order valence-electron chi connectivity index (χ4n) is 3.80. The van der Waals surface area contributed by atoms with Crippen molar-refractivity contribution in [3.05, 3.63) is 59.7 Å². The molecule has 0 spiro atoms. The molecular weight excluding hydrogens is 418 g/mol. The number of ketones is 1. The Hall–Kier alpha value is -2.42. The summed E-state index contributed by atoms with van der Waals surface area (Å²) in [5.41, 5.74) is 1.43. The molecule has 2 unspecified atom stereocenters. The molecule has 0 aliphatic carbocycles. The van der Waals surface area contributed by atoms with Crippen molar-refractivity contribution in [2.24, 2.45) is 0 Å². The third-order valence-corrected chi connectivity index (χ3v) is 7.14. The summed E-state index contributed by atoms with van der Waals surface area (Å²) in [5, 5.41) is 10.7. The van der Waals surface area contributed by atoms with Gasteiger partial charge in [-0.2, -0.15) is 0 Å². The number of ether oxygens (including phenoxy) is 2. The number of benzene rings is 2. The number of para-hydroxylation sites is 1. The lowest BCUT2D eigenvalue weighted by molar-refractivity contribution is 0.0520. The van der Waals surface area contributed by atoms with Gasteiger partial charge in [0.1, 0.15) is 24.2 Å². The Balaban J connectivity index is 1.69. The molecule has 1 heterocycles. The molecule has 0 aromatic heterocycles. The molecule has 1 N–H and O–H groups in total. The van der Waals surface area contributed by atoms with Crippen LogP contribution in [0.2, 0.25) is 0 Å². The van der Waals surface area contributed by atoms with Gasteiger partial charge in [-0.25, -0.2) is 8.42 Å². The number of aliphatic hydroxyl groups is 1. The van der Waals surface area contributed by atoms with Crippen molar-refractivity contribution in [1.29, 1.82) is 0 Å². The minimum Gasteiger partial charge on any atom is -0.497 e. The maximum Gasteiger partial charge on any atom is 0.163 e. The smallest absolute Gasteiger partial charge is 0.163 e. The second kappa shape index (κ2) is 10.3. The van der Waals surface area contributed by atoms with Gasteiger partial charge < -0.3 is 14.6 Å². The van der Waals surface area contributed by atoms with Crippen LogP contribution in [0.5, 0.6) is 11.5 Å². The van der Waals surface area contributed by atoms with Gasteiger partial charge in [-0.15, -0.1) is 0 Å². The first-order valence-corrected chi connectivity index (χ1v) is 12.1. The lowest BCUT2D eigenvalue weighted by atomic mass is 10.1. The van der Waals surface area contributed by atoms with Crippen LogP contribution in [0.25, 0.3) is 0 Å². The molecule has 1 saturated heterocycles. The van der Waals surface area contributed by atoms with Crippen molar-refractivity contribution in [3.63, 3.8) is 0 Å². The predicted octanol–water partition coefficient (Wildman–Crippen LogP) is 2.33. The van der Waals surface area contributed by atoms with Crippen LogP contribution in [0.15, 0.2) is 48.5 Å². The molecule has 7 nitrogen and oxygen atoms in total. The summed E-state index contributed by atoms with van der Waals surface area (Å²) in [5.74, 6) is 1.28. The monoisotopic (exact) mass is 447 g/mol. The van der Waals surface area contributed by atoms with Crippen LogP contribution < -0.4 is 9.47 Å². The van der Waals surface area contributed by atoms with Gasteiger partial charge in [0.05, 0.1) is 24.2 Å². The van der Waals surface area contributed by atoms with Gasteiger partial charge in [-0.3, -0.25) is 9.69 Å². The van der Waals surface area contributed by atoms with Crippen molar-refractivity contribution < 1.29 is 27.8 Å². The molecule has 1 fully saturated rings. The largest absolute Gasteiger partial charge is 0.497 e. The molecule has 8 heteroatoms. The van der Waals surface area contributed by atoms with E-state index in [1.54, 1.807) is 31.4 Å². The van der Waals surface area contributed by atoms with Crippen LogP contribution in [-0.4, -0.2) is 68.1 Å². The maximum absolute atomic E-state index is 12.0. The fourth-order valence-corrected chi connectivity index (χ4v) is 5.57.